The molecule has 0 amide bonds. The second kappa shape index (κ2) is 4.80. The standard InChI is InChI=1S/C10H22N2O2S/c1-10(2,11)5-3-6-12-9-4-7-15(13,14)8-9/h9,12H,3-8,11H2,1-2H3. The van der Waals surface area contributed by atoms with E-state index in [0.717, 1.165) is 25.8 Å². The quantitative estimate of drug-likeness (QED) is 0.670. The van der Waals surface area contributed by atoms with Crippen molar-refractivity contribution in [1.82, 2.24) is 5.32 Å². The van der Waals surface area contributed by atoms with Crippen LogP contribution in [0.4, 0.5) is 0 Å². The monoisotopic (exact) mass is 234 g/mol. The average Bonchev–Trinajstić information content (AvgIpc) is 2.38. The Kier molecular flexibility index (Phi) is 4.14. The van der Waals surface area contributed by atoms with E-state index < -0.39 is 9.84 Å². The third-order valence-corrected chi connectivity index (χ3v) is 4.43. The van der Waals surface area contributed by atoms with Crippen LogP contribution in [0.15, 0.2) is 0 Å². The van der Waals surface area contributed by atoms with Gasteiger partial charge in [0.15, 0.2) is 9.84 Å². The largest absolute Gasteiger partial charge is 0.326 e. The highest BCUT2D eigenvalue weighted by Gasteiger charge is 2.27. The van der Waals surface area contributed by atoms with Crippen LogP contribution in [0.1, 0.15) is 33.1 Å². The van der Waals surface area contributed by atoms with Gasteiger partial charge in [-0.25, -0.2) is 8.42 Å². The lowest BCUT2D eigenvalue weighted by atomic mass is 10.0. The molecule has 90 valence electrons. The first kappa shape index (κ1) is 12.9. The minimum Gasteiger partial charge on any atom is -0.326 e. The predicted octanol–water partition coefficient (Wildman–Crippen LogP) is 0.281. The molecule has 1 aliphatic rings. The molecule has 0 radical (unpaired) electrons. The molecule has 0 aromatic heterocycles. The Balaban J connectivity index is 2.12. The molecule has 1 rings (SSSR count). The Morgan fingerprint density at radius 2 is 2.13 bits per heavy atom. The predicted molar refractivity (Wildman–Crippen MR) is 62.6 cm³/mol. The van der Waals surface area contributed by atoms with E-state index in [2.05, 4.69) is 5.32 Å². The summed E-state index contributed by atoms with van der Waals surface area (Å²) in [7, 11) is -2.75. The zero-order valence-corrected chi connectivity index (χ0v) is 10.4. The molecule has 1 heterocycles. The molecule has 0 aliphatic carbocycles. The number of nitrogens with two attached hydrogens (primary N) is 1. The highest BCUT2D eigenvalue weighted by molar-refractivity contribution is 7.91. The zero-order valence-electron chi connectivity index (χ0n) is 9.62. The van der Waals surface area contributed by atoms with E-state index in [1.807, 2.05) is 13.8 Å². The van der Waals surface area contributed by atoms with Gasteiger partial charge in [0.1, 0.15) is 0 Å². The normalized spacial score (nSPS) is 25.7. The van der Waals surface area contributed by atoms with Crippen molar-refractivity contribution in [2.75, 3.05) is 18.1 Å². The molecule has 1 aliphatic heterocycles. The van der Waals surface area contributed by atoms with Gasteiger partial charge >= 0.3 is 0 Å². The van der Waals surface area contributed by atoms with Crippen molar-refractivity contribution < 1.29 is 8.42 Å². The highest BCUT2D eigenvalue weighted by Crippen LogP contribution is 2.12. The highest BCUT2D eigenvalue weighted by atomic mass is 32.2. The second-order valence-electron chi connectivity index (χ2n) is 5.15. The van der Waals surface area contributed by atoms with Gasteiger partial charge in [0.2, 0.25) is 0 Å². The molecular formula is C10H22N2O2S. The zero-order chi connectivity index (χ0) is 11.5. The molecule has 0 bridgehead atoms. The van der Waals surface area contributed by atoms with Gasteiger partial charge in [0.05, 0.1) is 11.5 Å². The van der Waals surface area contributed by atoms with Crippen molar-refractivity contribution in [3.63, 3.8) is 0 Å². The van der Waals surface area contributed by atoms with E-state index in [-0.39, 0.29) is 11.6 Å². The Morgan fingerprint density at radius 1 is 1.47 bits per heavy atom. The van der Waals surface area contributed by atoms with Crippen molar-refractivity contribution in [2.24, 2.45) is 5.73 Å². The fourth-order valence-corrected chi connectivity index (χ4v) is 3.51. The summed E-state index contributed by atoms with van der Waals surface area (Å²) >= 11 is 0. The lowest BCUT2D eigenvalue weighted by Gasteiger charge is -2.19. The van der Waals surface area contributed by atoms with Gasteiger partial charge in [-0.1, -0.05) is 0 Å². The first-order valence-corrected chi connectivity index (χ1v) is 7.33. The summed E-state index contributed by atoms with van der Waals surface area (Å²) in [5.41, 5.74) is 5.73. The van der Waals surface area contributed by atoms with E-state index in [9.17, 15) is 8.42 Å². The van der Waals surface area contributed by atoms with Crippen LogP contribution < -0.4 is 11.1 Å². The maximum absolute atomic E-state index is 11.2. The van der Waals surface area contributed by atoms with Gasteiger partial charge in [-0.05, 0) is 39.7 Å². The van der Waals surface area contributed by atoms with E-state index in [0.29, 0.717) is 11.5 Å². The third-order valence-electron chi connectivity index (χ3n) is 2.66. The van der Waals surface area contributed by atoms with E-state index in [1.54, 1.807) is 0 Å². The molecular weight excluding hydrogens is 212 g/mol. The van der Waals surface area contributed by atoms with Crippen LogP contribution in [0.3, 0.4) is 0 Å². The molecule has 4 nitrogen and oxygen atoms in total. The Bertz CT molecular complexity index is 293. The SMILES string of the molecule is CC(C)(N)CCCNC1CCS(=O)(=O)C1. The van der Waals surface area contributed by atoms with Crippen LogP contribution in [0.5, 0.6) is 0 Å². The van der Waals surface area contributed by atoms with Crippen molar-refractivity contribution in [1.29, 1.82) is 0 Å². The summed E-state index contributed by atoms with van der Waals surface area (Å²) in [5, 5.41) is 3.28. The van der Waals surface area contributed by atoms with Crippen molar-refractivity contribution in [3.8, 4) is 0 Å². The summed E-state index contributed by atoms with van der Waals surface area (Å²) in [6.45, 7) is 4.88. The second-order valence-corrected chi connectivity index (χ2v) is 7.37. The fourth-order valence-electron chi connectivity index (χ4n) is 1.81. The van der Waals surface area contributed by atoms with Gasteiger partial charge in [-0.2, -0.15) is 0 Å². The van der Waals surface area contributed by atoms with Crippen LogP contribution in [0, 0.1) is 0 Å². The molecule has 15 heavy (non-hydrogen) atoms. The molecule has 3 N–H and O–H groups in total. The Morgan fingerprint density at radius 3 is 2.60 bits per heavy atom. The number of hydrogen-bond acceptors (Lipinski definition) is 4. The molecule has 1 atom stereocenters. The van der Waals surface area contributed by atoms with Gasteiger partial charge in [-0.15, -0.1) is 0 Å². The molecule has 0 saturated carbocycles. The van der Waals surface area contributed by atoms with Crippen molar-refractivity contribution in [2.45, 2.75) is 44.7 Å². The number of sulfone groups is 1. The van der Waals surface area contributed by atoms with E-state index in [4.69, 9.17) is 5.73 Å². The maximum atomic E-state index is 11.2. The molecule has 0 aromatic rings. The molecule has 0 aromatic carbocycles. The third kappa shape index (κ3) is 5.49. The molecule has 1 fully saturated rings. The lowest BCUT2D eigenvalue weighted by molar-refractivity contribution is 0.436. The lowest BCUT2D eigenvalue weighted by Crippen LogP contribution is -2.35. The van der Waals surface area contributed by atoms with Crippen LogP contribution in [-0.4, -0.2) is 38.0 Å². The smallest absolute Gasteiger partial charge is 0.151 e. The van der Waals surface area contributed by atoms with Crippen LogP contribution >= 0.6 is 0 Å². The number of nitrogens with one attached hydrogen (secondary N) is 1. The fraction of sp³-hybridized carbons (Fsp3) is 1.00. The maximum Gasteiger partial charge on any atom is 0.151 e. The summed E-state index contributed by atoms with van der Waals surface area (Å²) in [6, 6.07) is 0.163. The Hall–Kier alpha value is -0.130. The molecule has 1 unspecified atom stereocenters. The van der Waals surface area contributed by atoms with Gasteiger partial charge in [0, 0.05) is 11.6 Å². The minimum atomic E-state index is -2.75. The summed E-state index contributed by atoms with van der Waals surface area (Å²) < 4.78 is 22.3. The molecule has 0 spiro atoms. The molecule has 1 saturated heterocycles. The van der Waals surface area contributed by atoms with E-state index in [1.165, 1.54) is 0 Å². The van der Waals surface area contributed by atoms with Crippen molar-refractivity contribution in [3.05, 3.63) is 0 Å². The number of rotatable bonds is 5. The van der Waals surface area contributed by atoms with Crippen molar-refractivity contribution >= 4 is 9.84 Å². The average molecular weight is 234 g/mol. The Labute approximate surface area is 92.5 Å². The topological polar surface area (TPSA) is 72.2 Å². The van der Waals surface area contributed by atoms with E-state index >= 15 is 0 Å². The first-order valence-electron chi connectivity index (χ1n) is 5.51. The van der Waals surface area contributed by atoms with Crippen LogP contribution in [-0.2, 0) is 9.84 Å². The van der Waals surface area contributed by atoms with Crippen LogP contribution in [0.25, 0.3) is 0 Å². The van der Waals surface area contributed by atoms with Gasteiger partial charge in [0.25, 0.3) is 0 Å². The van der Waals surface area contributed by atoms with Gasteiger partial charge in [-0.3, -0.25) is 0 Å². The van der Waals surface area contributed by atoms with Crippen LogP contribution in [0.2, 0.25) is 0 Å². The first-order chi connectivity index (χ1) is 6.79. The summed E-state index contributed by atoms with van der Waals surface area (Å²) in [6.07, 6.45) is 2.72. The molecule has 5 heteroatoms. The summed E-state index contributed by atoms with van der Waals surface area (Å²) in [5.74, 6) is 0.645. The minimum absolute atomic E-state index is 0.122. The summed E-state index contributed by atoms with van der Waals surface area (Å²) in [4.78, 5) is 0. The van der Waals surface area contributed by atoms with Gasteiger partial charge < -0.3 is 11.1 Å². The number of hydrogen-bond donors (Lipinski definition) is 2.